The van der Waals surface area contributed by atoms with Gasteiger partial charge < -0.3 is 9.84 Å². The third-order valence-electron chi connectivity index (χ3n) is 5.73. The number of aliphatic hydroxyl groups excluding tert-OH is 1. The molecule has 1 aromatic heterocycles. The molecule has 1 N–H and O–H groups in total. The van der Waals surface area contributed by atoms with E-state index in [0.29, 0.717) is 33.6 Å². The van der Waals surface area contributed by atoms with E-state index < -0.39 is 23.5 Å². The number of aliphatic hydroxyl groups is 1. The average Bonchev–Trinajstić information content (AvgIpc) is 3.41. The molecule has 6 nitrogen and oxygen atoms in total. The Balaban J connectivity index is 1.59. The maximum atomic E-state index is 13.4. The summed E-state index contributed by atoms with van der Waals surface area (Å²) in [6, 6.07) is 20.8. The maximum absolute atomic E-state index is 13.4. The number of ether oxygens (including phenoxy) is 1. The molecule has 1 unspecified atom stereocenters. The first kappa shape index (κ1) is 23.8. The van der Waals surface area contributed by atoms with E-state index in [2.05, 4.69) is 4.98 Å². The predicted molar refractivity (Wildman–Crippen MR) is 143 cm³/mol. The van der Waals surface area contributed by atoms with Crippen molar-refractivity contribution in [3.05, 3.63) is 106 Å². The summed E-state index contributed by atoms with van der Waals surface area (Å²) in [5.74, 6) is -1.07. The standard InChI is InChI=1S/C28H21ClN2O4S/c1-2-35-20-12-13-21-23(16-20)36-28(30-21)31-25(18-9-6-10-19(29)15-18)24(26(33)27(31)34)22(32)14-11-17-7-4-3-5-8-17/h3-16,25,33H,2H2,1H3. The molecule has 0 fully saturated rings. The smallest absolute Gasteiger partial charge is 0.296 e. The Morgan fingerprint density at radius 3 is 2.69 bits per heavy atom. The number of fused-ring (bicyclic) bond motifs is 1. The second kappa shape index (κ2) is 9.97. The van der Waals surface area contributed by atoms with Crippen LogP contribution >= 0.6 is 22.9 Å². The van der Waals surface area contributed by atoms with Crippen LogP contribution in [0.25, 0.3) is 16.3 Å². The largest absolute Gasteiger partial charge is 0.503 e. The van der Waals surface area contributed by atoms with Crippen molar-refractivity contribution < 1.29 is 19.4 Å². The lowest BCUT2D eigenvalue weighted by atomic mass is 9.96. The van der Waals surface area contributed by atoms with Crippen LogP contribution in [-0.2, 0) is 9.59 Å². The fourth-order valence-corrected chi connectivity index (χ4v) is 5.34. The normalized spacial score (nSPS) is 15.9. The number of hydrogen-bond donors (Lipinski definition) is 1. The van der Waals surface area contributed by atoms with Crippen molar-refractivity contribution in [3.8, 4) is 5.75 Å². The molecule has 0 saturated heterocycles. The lowest BCUT2D eigenvalue weighted by molar-refractivity contribution is -0.117. The van der Waals surface area contributed by atoms with Gasteiger partial charge in [-0.1, -0.05) is 71.5 Å². The SMILES string of the molecule is CCOc1ccc2nc(N3C(=O)C(O)=C(C(=O)C=Cc4ccccc4)C3c3cccc(Cl)c3)sc2c1. The molecular formula is C28H21ClN2O4S. The van der Waals surface area contributed by atoms with Crippen LogP contribution in [0.4, 0.5) is 5.13 Å². The van der Waals surface area contributed by atoms with Crippen molar-refractivity contribution in [1.29, 1.82) is 0 Å². The second-order valence-electron chi connectivity index (χ2n) is 8.06. The van der Waals surface area contributed by atoms with Gasteiger partial charge in [0.25, 0.3) is 5.91 Å². The van der Waals surface area contributed by atoms with Crippen molar-refractivity contribution in [3.63, 3.8) is 0 Å². The molecule has 0 radical (unpaired) electrons. The Morgan fingerprint density at radius 1 is 1.14 bits per heavy atom. The van der Waals surface area contributed by atoms with Gasteiger partial charge in [0.05, 0.1) is 28.4 Å². The number of ketones is 1. The molecule has 1 atom stereocenters. The zero-order chi connectivity index (χ0) is 25.2. The minimum Gasteiger partial charge on any atom is -0.503 e. The third kappa shape index (κ3) is 4.51. The van der Waals surface area contributed by atoms with E-state index in [4.69, 9.17) is 16.3 Å². The topological polar surface area (TPSA) is 79.7 Å². The number of benzene rings is 3. The van der Waals surface area contributed by atoms with Crippen LogP contribution in [0.3, 0.4) is 0 Å². The van der Waals surface area contributed by atoms with Gasteiger partial charge in [-0.2, -0.15) is 0 Å². The number of rotatable bonds is 7. The molecule has 1 aliphatic heterocycles. The van der Waals surface area contributed by atoms with Crippen LogP contribution in [0.1, 0.15) is 24.1 Å². The Bertz CT molecular complexity index is 1530. The number of halogens is 1. The molecule has 0 saturated carbocycles. The van der Waals surface area contributed by atoms with Crippen LogP contribution in [-0.4, -0.2) is 28.4 Å². The van der Waals surface area contributed by atoms with Crippen LogP contribution in [0.15, 0.2) is 90.2 Å². The van der Waals surface area contributed by atoms with Crippen molar-refractivity contribution in [1.82, 2.24) is 4.98 Å². The number of carbonyl (C=O) groups excluding carboxylic acids is 2. The van der Waals surface area contributed by atoms with Gasteiger partial charge in [-0.3, -0.25) is 14.5 Å². The quantitative estimate of drug-likeness (QED) is 0.282. The summed E-state index contributed by atoms with van der Waals surface area (Å²) in [6.45, 7) is 2.43. The van der Waals surface area contributed by atoms with Crippen molar-refractivity contribution in [2.45, 2.75) is 13.0 Å². The number of allylic oxidation sites excluding steroid dienone is 1. The first-order valence-electron chi connectivity index (χ1n) is 11.3. The number of amides is 1. The summed E-state index contributed by atoms with van der Waals surface area (Å²) in [5.41, 5.74) is 2.07. The molecule has 5 rings (SSSR count). The molecule has 0 aliphatic carbocycles. The molecule has 1 amide bonds. The molecule has 3 aromatic carbocycles. The minimum atomic E-state index is -0.893. The summed E-state index contributed by atoms with van der Waals surface area (Å²) in [6.07, 6.45) is 3.01. The number of aromatic nitrogens is 1. The summed E-state index contributed by atoms with van der Waals surface area (Å²) >= 11 is 7.54. The van der Waals surface area contributed by atoms with E-state index in [9.17, 15) is 14.7 Å². The minimum absolute atomic E-state index is 0.0243. The average molecular weight is 517 g/mol. The molecule has 1 aliphatic rings. The Morgan fingerprint density at radius 2 is 1.94 bits per heavy atom. The molecule has 36 heavy (non-hydrogen) atoms. The van der Waals surface area contributed by atoms with Gasteiger partial charge in [0.1, 0.15) is 5.75 Å². The van der Waals surface area contributed by atoms with Crippen LogP contribution < -0.4 is 9.64 Å². The molecular weight excluding hydrogens is 496 g/mol. The van der Waals surface area contributed by atoms with E-state index in [1.165, 1.54) is 22.3 Å². The summed E-state index contributed by atoms with van der Waals surface area (Å²) in [7, 11) is 0. The van der Waals surface area contributed by atoms with E-state index in [0.717, 1.165) is 10.3 Å². The van der Waals surface area contributed by atoms with Crippen molar-refractivity contribution >= 4 is 56.1 Å². The Hall–Kier alpha value is -3.94. The highest BCUT2D eigenvalue weighted by molar-refractivity contribution is 7.22. The number of nitrogens with zero attached hydrogens (tertiary/aromatic N) is 2. The zero-order valence-corrected chi connectivity index (χ0v) is 20.8. The number of hydrogen-bond acceptors (Lipinski definition) is 6. The third-order valence-corrected chi connectivity index (χ3v) is 6.98. The van der Waals surface area contributed by atoms with Gasteiger partial charge in [0, 0.05) is 5.02 Å². The van der Waals surface area contributed by atoms with E-state index in [-0.39, 0.29) is 5.57 Å². The first-order chi connectivity index (χ1) is 17.5. The lowest BCUT2D eigenvalue weighted by Gasteiger charge is -2.24. The predicted octanol–water partition coefficient (Wildman–Crippen LogP) is 6.53. The van der Waals surface area contributed by atoms with Gasteiger partial charge in [0.15, 0.2) is 16.7 Å². The first-order valence-corrected chi connectivity index (χ1v) is 12.5. The van der Waals surface area contributed by atoms with Crippen molar-refractivity contribution in [2.75, 3.05) is 11.5 Å². The highest BCUT2D eigenvalue weighted by atomic mass is 35.5. The molecule has 180 valence electrons. The molecule has 0 spiro atoms. The summed E-state index contributed by atoms with van der Waals surface area (Å²) in [4.78, 5) is 32.7. The van der Waals surface area contributed by atoms with E-state index >= 15 is 0 Å². The van der Waals surface area contributed by atoms with Crippen LogP contribution in [0.2, 0.25) is 5.02 Å². The van der Waals surface area contributed by atoms with Gasteiger partial charge >= 0.3 is 0 Å². The van der Waals surface area contributed by atoms with E-state index in [1.807, 2.05) is 55.5 Å². The molecule has 2 heterocycles. The summed E-state index contributed by atoms with van der Waals surface area (Å²) in [5, 5.41) is 11.7. The molecule has 4 aromatic rings. The lowest BCUT2D eigenvalue weighted by Crippen LogP contribution is -2.30. The maximum Gasteiger partial charge on any atom is 0.296 e. The highest BCUT2D eigenvalue weighted by Gasteiger charge is 2.45. The number of carbonyl (C=O) groups is 2. The number of anilines is 1. The fourth-order valence-electron chi connectivity index (χ4n) is 4.12. The Kier molecular flexibility index (Phi) is 6.59. The summed E-state index contributed by atoms with van der Waals surface area (Å²) < 4.78 is 6.40. The van der Waals surface area contributed by atoms with Gasteiger partial charge in [-0.15, -0.1) is 0 Å². The van der Waals surface area contributed by atoms with Gasteiger partial charge in [0.2, 0.25) is 0 Å². The highest BCUT2D eigenvalue weighted by Crippen LogP contribution is 2.44. The zero-order valence-electron chi connectivity index (χ0n) is 19.2. The van der Waals surface area contributed by atoms with Gasteiger partial charge in [-0.05, 0) is 54.5 Å². The monoisotopic (exact) mass is 516 g/mol. The molecule has 0 bridgehead atoms. The van der Waals surface area contributed by atoms with E-state index in [1.54, 1.807) is 30.3 Å². The van der Waals surface area contributed by atoms with Crippen molar-refractivity contribution in [2.24, 2.45) is 0 Å². The van der Waals surface area contributed by atoms with Crippen LogP contribution in [0, 0.1) is 0 Å². The fraction of sp³-hybridized carbons (Fsp3) is 0.107. The van der Waals surface area contributed by atoms with Crippen LogP contribution in [0.5, 0.6) is 5.75 Å². The van der Waals surface area contributed by atoms with Gasteiger partial charge in [-0.25, -0.2) is 4.98 Å². The number of thiazole rings is 1. The molecule has 8 heteroatoms. The Labute approximate surface area is 216 Å². The second-order valence-corrected chi connectivity index (χ2v) is 9.51.